The van der Waals surface area contributed by atoms with E-state index in [4.69, 9.17) is 16.3 Å². The number of likely N-dealkylation sites (tertiary alicyclic amines) is 1. The SMILES string of the molecule is CC(C)(C)OC(=O)N1CCC2(CCN(c3nc(Cl)nc4cnccc34)CC2)C1. The number of carbonyl (C=O) groups excluding carboxylic acids is 1. The van der Waals surface area contributed by atoms with E-state index in [1.165, 1.54) is 0 Å². The molecule has 2 aromatic rings. The Hall–Kier alpha value is -2.15. The Morgan fingerprint density at radius 1 is 1.18 bits per heavy atom. The first-order valence-electron chi connectivity index (χ1n) is 9.75. The third-order valence-corrected chi connectivity index (χ3v) is 5.83. The highest BCUT2D eigenvalue weighted by Gasteiger charge is 2.43. The van der Waals surface area contributed by atoms with Crippen LogP contribution in [0.25, 0.3) is 10.9 Å². The third-order valence-electron chi connectivity index (χ3n) is 5.67. The number of pyridine rings is 1. The maximum Gasteiger partial charge on any atom is 0.410 e. The van der Waals surface area contributed by atoms with E-state index in [1.807, 2.05) is 31.7 Å². The molecule has 0 atom stereocenters. The summed E-state index contributed by atoms with van der Waals surface area (Å²) in [4.78, 5) is 29.4. The number of nitrogens with zero attached hydrogens (tertiary/aromatic N) is 5. The number of fused-ring (bicyclic) bond motifs is 1. The second kappa shape index (κ2) is 7.03. The molecule has 0 N–H and O–H groups in total. The number of rotatable bonds is 1. The third kappa shape index (κ3) is 3.85. The van der Waals surface area contributed by atoms with Gasteiger partial charge in [-0.1, -0.05) is 0 Å². The van der Waals surface area contributed by atoms with Gasteiger partial charge in [-0.2, -0.15) is 4.98 Å². The molecular weight excluding hydrogens is 378 g/mol. The lowest BCUT2D eigenvalue weighted by Gasteiger charge is -2.40. The summed E-state index contributed by atoms with van der Waals surface area (Å²) < 4.78 is 5.55. The maximum absolute atomic E-state index is 12.4. The van der Waals surface area contributed by atoms with E-state index in [0.29, 0.717) is 0 Å². The van der Waals surface area contributed by atoms with Crippen LogP contribution in [0.1, 0.15) is 40.0 Å². The summed E-state index contributed by atoms with van der Waals surface area (Å²) >= 11 is 6.14. The lowest BCUT2D eigenvalue weighted by molar-refractivity contribution is 0.0266. The second-order valence-corrected chi connectivity index (χ2v) is 9.19. The molecule has 0 aliphatic carbocycles. The second-order valence-electron chi connectivity index (χ2n) is 8.85. The summed E-state index contributed by atoms with van der Waals surface area (Å²) in [5.74, 6) is 0.870. The topological polar surface area (TPSA) is 71.5 Å². The molecule has 0 unspecified atom stereocenters. The van der Waals surface area contributed by atoms with Crippen molar-refractivity contribution >= 4 is 34.4 Å². The Morgan fingerprint density at radius 3 is 2.61 bits per heavy atom. The first kappa shape index (κ1) is 19.2. The van der Waals surface area contributed by atoms with Crippen molar-refractivity contribution < 1.29 is 9.53 Å². The van der Waals surface area contributed by atoms with Gasteiger partial charge in [-0.25, -0.2) is 9.78 Å². The molecule has 2 fully saturated rings. The fourth-order valence-electron chi connectivity index (χ4n) is 4.20. The maximum atomic E-state index is 12.4. The highest BCUT2D eigenvalue weighted by molar-refractivity contribution is 6.28. The molecule has 2 aliphatic heterocycles. The number of anilines is 1. The number of hydrogen-bond acceptors (Lipinski definition) is 6. The fourth-order valence-corrected chi connectivity index (χ4v) is 4.37. The number of amides is 1. The number of halogens is 1. The average Bonchev–Trinajstić information content (AvgIpc) is 3.04. The van der Waals surface area contributed by atoms with Gasteiger partial charge >= 0.3 is 6.09 Å². The van der Waals surface area contributed by atoms with Gasteiger partial charge in [0.25, 0.3) is 0 Å². The number of ether oxygens (including phenoxy) is 1. The van der Waals surface area contributed by atoms with Crippen LogP contribution in [0.15, 0.2) is 18.5 Å². The Kier molecular flexibility index (Phi) is 4.81. The van der Waals surface area contributed by atoms with Crippen LogP contribution in [-0.2, 0) is 4.74 Å². The highest BCUT2D eigenvalue weighted by Crippen LogP contribution is 2.42. The number of hydrogen-bond donors (Lipinski definition) is 0. The van der Waals surface area contributed by atoms with Crippen molar-refractivity contribution in [1.29, 1.82) is 0 Å². The van der Waals surface area contributed by atoms with Gasteiger partial charge in [-0.3, -0.25) is 4.98 Å². The molecule has 1 spiro atoms. The minimum Gasteiger partial charge on any atom is -0.444 e. The van der Waals surface area contributed by atoms with Gasteiger partial charge in [-0.05, 0) is 63.1 Å². The van der Waals surface area contributed by atoms with Crippen molar-refractivity contribution in [1.82, 2.24) is 19.9 Å². The molecule has 2 aliphatic rings. The van der Waals surface area contributed by atoms with Crippen molar-refractivity contribution in [3.05, 3.63) is 23.7 Å². The Labute approximate surface area is 170 Å². The number of aromatic nitrogens is 3. The smallest absolute Gasteiger partial charge is 0.410 e. The van der Waals surface area contributed by atoms with Crippen LogP contribution < -0.4 is 4.90 Å². The molecule has 1 amide bonds. The van der Waals surface area contributed by atoms with Crippen LogP contribution in [0.5, 0.6) is 0 Å². The van der Waals surface area contributed by atoms with Crippen molar-refractivity contribution in [3.8, 4) is 0 Å². The highest BCUT2D eigenvalue weighted by atomic mass is 35.5. The molecule has 2 saturated heterocycles. The van der Waals surface area contributed by atoms with Crippen LogP contribution in [-0.4, -0.2) is 57.7 Å². The molecule has 2 aromatic heterocycles. The first-order chi connectivity index (χ1) is 13.2. The zero-order valence-corrected chi connectivity index (χ0v) is 17.4. The monoisotopic (exact) mass is 403 g/mol. The van der Waals surface area contributed by atoms with Crippen LogP contribution in [0.3, 0.4) is 0 Å². The normalized spacial score (nSPS) is 19.4. The van der Waals surface area contributed by atoms with E-state index in [9.17, 15) is 4.79 Å². The minimum atomic E-state index is -0.460. The molecular formula is C20H26ClN5O2. The molecule has 0 radical (unpaired) electrons. The zero-order valence-electron chi connectivity index (χ0n) is 16.6. The summed E-state index contributed by atoms with van der Waals surface area (Å²) in [6.45, 7) is 9.01. The lowest BCUT2D eigenvalue weighted by Crippen LogP contribution is -2.43. The van der Waals surface area contributed by atoms with E-state index in [2.05, 4.69) is 19.9 Å². The predicted molar refractivity (Wildman–Crippen MR) is 109 cm³/mol. The molecule has 4 heterocycles. The van der Waals surface area contributed by atoms with Crippen molar-refractivity contribution in [2.24, 2.45) is 5.41 Å². The van der Waals surface area contributed by atoms with Crippen LogP contribution in [0.4, 0.5) is 10.6 Å². The van der Waals surface area contributed by atoms with E-state index in [-0.39, 0.29) is 16.8 Å². The van der Waals surface area contributed by atoms with Crippen LogP contribution in [0, 0.1) is 5.41 Å². The molecule has 0 aromatic carbocycles. The summed E-state index contributed by atoms with van der Waals surface area (Å²) in [5.41, 5.74) is 0.467. The summed E-state index contributed by atoms with van der Waals surface area (Å²) in [7, 11) is 0. The molecule has 28 heavy (non-hydrogen) atoms. The van der Waals surface area contributed by atoms with Gasteiger partial charge in [0.1, 0.15) is 11.4 Å². The van der Waals surface area contributed by atoms with E-state index in [1.54, 1.807) is 12.4 Å². The minimum absolute atomic E-state index is 0.168. The van der Waals surface area contributed by atoms with Gasteiger partial charge in [0.2, 0.25) is 5.28 Å². The predicted octanol–water partition coefficient (Wildman–Crippen LogP) is 3.91. The average molecular weight is 404 g/mol. The Balaban J connectivity index is 1.45. The fraction of sp³-hybridized carbons (Fsp3) is 0.600. The van der Waals surface area contributed by atoms with E-state index in [0.717, 1.165) is 62.2 Å². The molecule has 4 rings (SSSR count). The Morgan fingerprint density at radius 2 is 1.89 bits per heavy atom. The van der Waals surface area contributed by atoms with Gasteiger partial charge in [0.05, 0.1) is 11.7 Å². The van der Waals surface area contributed by atoms with Gasteiger partial charge < -0.3 is 14.5 Å². The Bertz CT molecular complexity index is 890. The van der Waals surface area contributed by atoms with Crippen molar-refractivity contribution in [2.75, 3.05) is 31.1 Å². The number of carbonyl (C=O) groups is 1. The summed E-state index contributed by atoms with van der Waals surface area (Å²) in [5, 5.41) is 1.21. The van der Waals surface area contributed by atoms with E-state index >= 15 is 0 Å². The van der Waals surface area contributed by atoms with Gasteiger partial charge in [0, 0.05) is 37.8 Å². The standard InChI is InChI=1S/C20H26ClN5O2/c1-19(2,3)28-18(27)26-11-7-20(13-26)5-9-25(10-6-20)16-14-4-8-22-12-15(14)23-17(21)24-16/h4,8,12H,5-7,9-11,13H2,1-3H3. The van der Waals surface area contributed by atoms with E-state index < -0.39 is 5.60 Å². The van der Waals surface area contributed by atoms with Crippen LogP contribution in [0.2, 0.25) is 5.28 Å². The molecule has 0 saturated carbocycles. The van der Waals surface area contributed by atoms with Gasteiger partial charge in [-0.15, -0.1) is 0 Å². The van der Waals surface area contributed by atoms with Crippen molar-refractivity contribution in [2.45, 2.75) is 45.6 Å². The van der Waals surface area contributed by atoms with Crippen LogP contribution >= 0.6 is 11.6 Å². The molecule has 7 nitrogen and oxygen atoms in total. The summed E-state index contributed by atoms with van der Waals surface area (Å²) in [6.07, 6.45) is 6.32. The largest absolute Gasteiger partial charge is 0.444 e. The zero-order chi connectivity index (χ0) is 19.9. The molecule has 8 heteroatoms. The van der Waals surface area contributed by atoms with Crippen molar-refractivity contribution in [3.63, 3.8) is 0 Å². The number of piperidine rings is 1. The lowest BCUT2D eigenvalue weighted by atomic mass is 9.78. The van der Waals surface area contributed by atoms with Gasteiger partial charge in [0.15, 0.2) is 0 Å². The molecule has 150 valence electrons. The quantitative estimate of drug-likeness (QED) is 0.672. The first-order valence-corrected chi connectivity index (χ1v) is 10.1. The summed E-state index contributed by atoms with van der Waals surface area (Å²) in [6, 6.07) is 1.94. The molecule has 0 bridgehead atoms.